The van der Waals surface area contributed by atoms with E-state index >= 15 is 0 Å². The third kappa shape index (κ3) is 5.21. The minimum Gasteiger partial charge on any atom is -0.507 e. The summed E-state index contributed by atoms with van der Waals surface area (Å²) in [6.07, 6.45) is 6.17. The number of nitrogens with zero attached hydrogens (tertiary/aromatic N) is 3. The Balaban J connectivity index is 1.99. The summed E-state index contributed by atoms with van der Waals surface area (Å²) in [6.45, 7) is 5.94. The summed E-state index contributed by atoms with van der Waals surface area (Å²) in [4.78, 5) is 10.3. The highest BCUT2D eigenvalue weighted by molar-refractivity contribution is 5.85. The van der Waals surface area contributed by atoms with Gasteiger partial charge in [0.2, 0.25) is 0 Å². The van der Waals surface area contributed by atoms with Crippen molar-refractivity contribution >= 4 is 18.1 Å². The van der Waals surface area contributed by atoms with Crippen molar-refractivity contribution in [3.8, 4) is 11.5 Å². The molecule has 0 unspecified atom stereocenters. The van der Waals surface area contributed by atoms with Gasteiger partial charge in [-0.2, -0.15) is 0 Å². The van der Waals surface area contributed by atoms with E-state index in [2.05, 4.69) is 28.7 Å². The van der Waals surface area contributed by atoms with Gasteiger partial charge in [0.1, 0.15) is 11.5 Å². The molecular weight excluding hydrogens is 314 g/mol. The summed E-state index contributed by atoms with van der Waals surface area (Å²) < 4.78 is 0. The Morgan fingerprint density at radius 2 is 1.44 bits per heavy atom. The number of anilines is 1. The maximum atomic E-state index is 10.1. The van der Waals surface area contributed by atoms with Gasteiger partial charge in [-0.15, -0.1) is 0 Å². The molecule has 2 N–H and O–H groups in total. The van der Waals surface area contributed by atoms with Gasteiger partial charge in [-0.3, -0.25) is 9.98 Å². The first-order valence-electron chi connectivity index (χ1n) is 8.23. The van der Waals surface area contributed by atoms with Crippen molar-refractivity contribution in [1.29, 1.82) is 0 Å². The highest BCUT2D eigenvalue weighted by Crippen LogP contribution is 2.23. The lowest BCUT2D eigenvalue weighted by Crippen LogP contribution is -2.21. The fraction of sp³-hybridized carbons (Fsp3) is 0.200. The molecule has 0 aromatic heterocycles. The molecule has 2 aromatic rings. The summed E-state index contributed by atoms with van der Waals surface area (Å²) >= 11 is 0. The van der Waals surface area contributed by atoms with Gasteiger partial charge in [0, 0.05) is 60.8 Å². The molecule has 0 saturated heterocycles. The van der Waals surface area contributed by atoms with Crippen LogP contribution in [0.3, 0.4) is 0 Å². The van der Waals surface area contributed by atoms with Crippen molar-refractivity contribution in [1.82, 2.24) is 0 Å². The van der Waals surface area contributed by atoms with Crippen molar-refractivity contribution in [3.63, 3.8) is 0 Å². The van der Waals surface area contributed by atoms with E-state index in [4.69, 9.17) is 0 Å². The number of rotatable bonds is 7. The third-order valence-electron chi connectivity index (χ3n) is 3.75. The summed E-state index contributed by atoms with van der Waals surface area (Å²) in [5, 5.41) is 19.7. The molecule has 0 saturated carbocycles. The number of benzene rings is 2. The van der Waals surface area contributed by atoms with E-state index in [1.165, 1.54) is 12.4 Å². The molecule has 25 heavy (non-hydrogen) atoms. The minimum absolute atomic E-state index is 0.182. The van der Waals surface area contributed by atoms with Gasteiger partial charge < -0.3 is 15.1 Å². The molecule has 0 aliphatic rings. The molecule has 0 aliphatic heterocycles. The van der Waals surface area contributed by atoms with Gasteiger partial charge in [-0.25, -0.2) is 0 Å². The molecule has 0 spiro atoms. The maximum Gasteiger partial charge on any atom is 0.126 e. The second-order valence-corrected chi connectivity index (χ2v) is 5.33. The summed E-state index contributed by atoms with van der Waals surface area (Å²) in [7, 11) is 0. The van der Waals surface area contributed by atoms with Crippen LogP contribution in [-0.2, 0) is 0 Å². The summed E-state index contributed by atoms with van der Waals surface area (Å²) in [5.74, 6) is 0.376. The molecule has 0 heterocycles. The van der Waals surface area contributed by atoms with E-state index < -0.39 is 0 Å². The Morgan fingerprint density at radius 3 is 2.00 bits per heavy atom. The molecule has 5 nitrogen and oxygen atoms in total. The minimum atomic E-state index is 0.182. The molecule has 5 heteroatoms. The smallest absolute Gasteiger partial charge is 0.126 e. The van der Waals surface area contributed by atoms with Gasteiger partial charge >= 0.3 is 0 Å². The normalized spacial score (nSPS) is 11.8. The predicted molar refractivity (Wildman–Crippen MR) is 104 cm³/mol. The SMILES string of the molecule is CCN(CC)c1ccc(C=N/C=C/N=Cc2ccccc2O)c(O)c1. The quantitative estimate of drug-likeness (QED) is 0.752. The van der Waals surface area contributed by atoms with E-state index in [9.17, 15) is 10.2 Å². The molecule has 2 aromatic carbocycles. The predicted octanol–water partition coefficient (Wildman–Crippen LogP) is 3.95. The van der Waals surface area contributed by atoms with Crippen LogP contribution < -0.4 is 4.90 Å². The first-order valence-corrected chi connectivity index (χ1v) is 8.23. The first-order chi connectivity index (χ1) is 12.2. The number of aliphatic imine (C=N–C) groups is 2. The monoisotopic (exact) mass is 337 g/mol. The standard InChI is InChI=1S/C20H23N3O2/c1-3-23(4-2)18-10-9-17(20(25)13-18)15-22-12-11-21-14-16-7-5-6-8-19(16)24/h5-15,24-25H,3-4H2,1-2H3/b12-11+,21-14?,22-15?. The summed E-state index contributed by atoms with van der Waals surface area (Å²) in [5.41, 5.74) is 2.27. The van der Waals surface area contributed by atoms with Crippen LogP contribution in [0.15, 0.2) is 64.8 Å². The second kappa shape index (κ2) is 9.27. The summed E-state index contributed by atoms with van der Waals surface area (Å²) in [6, 6.07) is 12.5. The second-order valence-electron chi connectivity index (χ2n) is 5.33. The Bertz CT molecular complexity index is 778. The molecule has 130 valence electrons. The van der Waals surface area contributed by atoms with Crippen molar-refractivity contribution in [2.24, 2.45) is 9.98 Å². The van der Waals surface area contributed by atoms with Crippen LogP contribution >= 0.6 is 0 Å². The molecular formula is C20H23N3O2. The molecule has 0 bridgehead atoms. The van der Waals surface area contributed by atoms with Crippen molar-refractivity contribution < 1.29 is 10.2 Å². The van der Waals surface area contributed by atoms with Crippen molar-refractivity contribution in [2.75, 3.05) is 18.0 Å². The van der Waals surface area contributed by atoms with Crippen molar-refractivity contribution in [3.05, 3.63) is 66.0 Å². The van der Waals surface area contributed by atoms with E-state index in [1.54, 1.807) is 36.7 Å². The lowest BCUT2D eigenvalue weighted by molar-refractivity contribution is 0.474. The van der Waals surface area contributed by atoms with Crippen LogP contribution in [-0.4, -0.2) is 35.7 Å². The number of aromatic hydroxyl groups is 2. The lowest BCUT2D eigenvalue weighted by Gasteiger charge is -2.21. The van der Waals surface area contributed by atoms with Crippen LogP contribution in [0.5, 0.6) is 11.5 Å². The largest absolute Gasteiger partial charge is 0.507 e. The molecule has 0 radical (unpaired) electrons. The number of phenols is 2. The third-order valence-corrected chi connectivity index (χ3v) is 3.75. The van der Waals surface area contributed by atoms with Crippen LogP contribution in [0.4, 0.5) is 5.69 Å². The van der Waals surface area contributed by atoms with Crippen LogP contribution in [0.1, 0.15) is 25.0 Å². The van der Waals surface area contributed by atoms with Gasteiger partial charge in [-0.05, 0) is 38.1 Å². The molecule has 2 rings (SSSR count). The zero-order valence-electron chi connectivity index (χ0n) is 14.5. The zero-order valence-corrected chi connectivity index (χ0v) is 14.5. The number of phenolic OH excluding ortho intramolecular Hbond substituents is 2. The van der Waals surface area contributed by atoms with E-state index in [-0.39, 0.29) is 11.5 Å². The lowest BCUT2D eigenvalue weighted by atomic mass is 10.2. The van der Waals surface area contributed by atoms with Gasteiger partial charge in [-0.1, -0.05) is 12.1 Å². The Hall–Kier alpha value is -3.08. The topological polar surface area (TPSA) is 68.4 Å². The number of para-hydroxylation sites is 1. The molecule has 0 aliphatic carbocycles. The highest BCUT2D eigenvalue weighted by Gasteiger charge is 2.05. The van der Waals surface area contributed by atoms with Crippen LogP contribution in [0.25, 0.3) is 0 Å². The Morgan fingerprint density at radius 1 is 0.840 bits per heavy atom. The zero-order chi connectivity index (χ0) is 18.1. The van der Waals surface area contributed by atoms with Crippen LogP contribution in [0.2, 0.25) is 0 Å². The fourth-order valence-corrected chi connectivity index (χ4v) is 2.35. The van der Waals surface area contributed by atoms with E-state index in [0.29, 0.717) is 11.1 Å². The number of hydrogen-bond donors (Lipinski definition) is 2. The molecule has 0 fully saturated rings. The average molecular weight is 337 g/mol. The Kier molecular flexibility index (Phi) is 6.77. The Labute approximate surface area is 148 Å². The van der Waals surface area contributed by atoms with Gasteiger partial charge in [0.25, 0.3) is 0 Å². The van der Waals surface area contributed by atoms with Gasteiger partial charge in [0.15, 0.2) is 0 Å². The van der Waals surface area contributed by atoms with E-state index in [0.717, 1.165) is 18.8 Å². The maximum absolute atomic E-state index is 10.1. The van der Waals surface area contributed by atoms with Crippen molar-refractivity contribution in [2.45, 2.75) is 13.8 Å². The molecule has 0 atom stereocenters. The first kappa shape index (κ1) is 18.3. The number of hydrogen-bond acceptors (Lipinski definition) is 5. The van der Waals surface area contributed by atoms with Gasteiger partial charge in [0.05, 0.1) is 0 Å². The highest BCUT2D eigenvalue weighted by atomic mass is 16.3. The van der Waals surface area contributed by atoms with Crippen LogP contribution in [0, 0.1) is 0 Å². The average Bonchev–Trinajstić information content (AvgIpc) is 2.62. The van der Waals surface area contributed by atoms with E-state index in [1.807, 2.05) is 18.2 Å². The fourth-order valence-electron chi connectivity index (χ4n) is 2.35. The molecule has 0 amide bonds.